The van der Waals surface area contributed by atoms with Crippen molar-refractivity contribution in [3.8, 4) is 11.5 Å². The van der Waals surface area contributed by atoms with Crippen LogP contribution in [0.25, 0.3) is 0 Å². The van der Waals surface area contributed by atoms with Crippen LogP contribution in [0.2, 0.25) is 0 Å². The number of hydrogen-bond donors (Lipinski definition) is 2. The highest BCUT2D eigenvalue weighted by molar-refractivity contribution is 5.86. The van der Waals surface area contributed by atoms with Gasteiger partial charge in [-0.25, -0.2) is 14.2 Å². The van der Waals surface area contributed by atoms with E-state index in [-0.39, 0.29) is 17.7 Å². The topological polar surface area (TPSA) is 70.9 Å². The van der Waals surface area contributed by atoms with E-state index in [0.717, 1.165) is 18.2 Å². The number of nitrogens with zero attached hydrogens (tertiary/aromatic N) is 1. The number of benzene rings is 2. The highest BCUT2D eigenvalue weighted by Gasteiger charge is 2.06. The van der Waals surface area contributed by atoms with Crippen molar-refractivity contribution in [1.29, 1.82) is 0 Å². The molecule has 0 spiro atoms. The summed E-state index contributed by atoms with van der Waals surface area (Å²) in [5.41, 5.74) is 3.00. The summed E-state index contributed by atoms with van der Waals surface area (Å²) in [6.07, 6.45) is 1.13. The van der Waals surface area contributed by atoms with E-state index in [0.29, 0.717) is 11.3 Å². The Morgan fingerprint density at radius 1 is 1.26 bits per heavy atom. The SMILES string of the molecule is COc1cc(O)ccc1C=NNC(=O)Cc1cc(F)cc(F)c1. The third-order valence-corrected chi connectivity index (χ3v) is 2.90. The third-order valence-electron chi connectivity index (χ3n) is 2.90. The van der Waals surface area contributed by atoms with Gasteiger partial charge in [0.1, 0.15) is 23.1 Å². The van der Waals surface area contributed by atoms with Crippen LogP contribution in [0.15, 0.2) is 41.5 Å². The molecule has 0 saturated carbocycles. The van der Waals surface area contributed by atoms with Crippen LogP contribution < -0.4 is 10.2 Å². The maximum atomic E-state index is 13.0. The number of ether oxygens (including phenoxy) is 1. The van der Waals surface area contributed by atoms with Crippen LogP contribution in [0, 0.1) is 11.6 Å². The van der Waals surface area contributed by atoms with Gasteiger partial charge in [0.15, 0.2) is 0 Å². The van der Waals surface area contributed by atoms with Crippen LogP contribution in [0.3, 0.4) is 0 Å². The Labute approximate surface area is 131 Å². The van der Waals surface area contributed by atoms with Gasteiger partial charge in [-0.1, -0.05) is 0 Å². The normalized spacial score (nSPS) is 10.7. The quantitative estimate of drug-likeness (QED) is 0.656. The number of methoxy groups -OCH3 is 1. The van der Waals surface area contributed by atoms with Gasteiger partial charge in [0, 0.05) is 17.7 Å². The molecular weight excluding hydrogens is 306 g/mol. The first-order valence-electron chi connectivity index (χ1n) is 6.62. The molecule has 120 valence electrons. The van der Waals surface area contributed by atoms with Gasteiger partial charge >= 0.3 is 0 Å². The van der Waals surface area contributed by atoms with Crippen molar-refractivity contribution < 1.29 is 23.4 Å². The summed E-state index contributed by atoms with van der Waals surface area (Å²) in [6.45, 7) is 0. The van der Waals surface area contributed by atoms with Gasteiger partial charge in [-0.3, -0.25) is 4.79 Å². The molecule has 0 aliphatic carbocycles. The van der Waals surface area contributed by atoms with Crippen LogP contribution in [0.1, 0.15) is 11.1 Å². The Kier molecular flexibility index (Phi) is 5.24. The zero-order chi connectivity index (χ0) is 16.8. The number of phenols is 1. The molecule has 1 amide bonds. The molecule has 0 aromatic heterocycles. The summed E-state index contributed by atoms with van der Waals surface area (Å²) in [5, 5.41) is 13.1. The number of nitrogens with one attached hydrogen (secondary N) is 1. The van der Waals surface area contributed by atoms with E-state index in [1.165, 1.54) is 25.5 Å². The highest BCUT2D eigenvalue weighted by atomic mass is 19.1. The van der Waals surface area contributed by atoms with Crippen molar-refractivity contribution in [2.45, 2.75) is 6.42 Å². The molecule has 0 bridgehead atoms. The monoisotopic (exact) mass is 320 g/mol. The van der Waals surface area contributed by atoms with Gasteiger partial charge in [-0.15, -0.1) is 0 Å². The zero-order valence-corrected chi connectivity index (χ0v) is 12.2. The van der Waals surface area contributed by atoms with E-state index >= 15 is 0 Å². The molecule has 0 fully saturated rings. The van der Waals surface area contributed by atoms with Gasteiger partial charge in [0.25, 0.3) is 0 Å². The van der Waals surface area contributed by atoms with Crippen LogP contribution in [0.5, 0.6) is 11.5 Å². The molecule has 5 nitrogen and oxygen atoms in total. The molecule has 23 heavy (non-hydrogen) atoms. The van der Waals surface area contributed by atoms with Gasteiger partial charge < -0.3 is 9.84 Å². The van der Waals surface area contributed by atoms with E-state index < -0.39 is 17.5 Å². The van der Waals surface area contributed by atoms with E-state index in [2.05, 4.69) is 10.5 Å². The average Bonchev–Trinajstić information content (AvgIpc) is 2.47. The lowest BCUT2D eigenvalue weighted by molar-refractivity contribution is -0.120. The van der Waals surface area contributed by atoms with Crippen molar-refractivity contribution in [2.24, 2.45) is 5.10 Å². The summed E-state index contributed by atoms with van der Waals surface area (Å²) in [7, 11) is 1.43. The van der Waals surface area contributed by atoms with Gasteiger partial charge in [0.2, 0.25) is 5.91 Å². The Bertz CT molecular complexity index is 728. The molecule has 2 rings (SSSR count). The summed E-state index contributed by atoms with van der Waals surface area (Å²) in [5.74, 6) is -1.59. The predicted molar refractivity (Wildman–Crippen MR) is 80.5 cm³/mol. The lowest BCUT2D eigenvalue weighted by Gasteiger charge is -2.05. The van der Waals surface area contributed by atoms with Crippen molar-refractivity contribution in [3.05, 3.63) is 59.2 Å². The molecule has 0 heterocycles. The summed E-state index contributed by atoms with van der Waals surface area (Å²) in [6, 6.07) is 7.30. The highest BCUT2D eigenvalue weighted by Crippen LogP contribution is 2.22. The molecule has 2 N–H and O–H groups in total. The molecule has 0 aliphatic rings. The number of rotatable bonds is 5. The van der Waals surface area contributed by atoms with E-state index in [1.807, 2.05) is 0 Å². The third kappa shape index (κ3) is 4.77. The maximum Gasteiger partial charge on any atom is 0.244 e. The number of hydrogen-bond acceptors (Lipinski definition) is 4. The first-order chi connectivity index (χ1) is 11.0. The Morgan fingerprint density at radius 2 is 1.96 bits per heavy atom. The van der Waals surface area contributed by atoms with Crippen molar-refractivity contribution >= 4 is 12.1 Å². The Hall–Kier alpha value is -2.96. The molecule has 0 atom stereocenters. The number of phenolic OH excluding ortho intramolecular Hbond substituents is 1. The molecule has 2 aromatic rings. The molecule has 0 aliphatic heterocycles. The summed E-state index contributed by atoms with van der Waals surface area (Å²) < 4.78 is 31.1. The minimum absolute atomic E-state index is 0.0381. The standard InChI is InChI=1S/C16H14F2N2O3/c1-23-15-8-14(21)3-2-11(15)9-19-20-16(22)6-10-4-12(17)7-13(18)5-10/h2-5,7-9,21H,6H2,1H3,(H,20,22). The van der Waals surface area contributed by atoms with Crippen molar-refractivity contribution in [3.63, 3.8) is 0 Å². The van der Waals surface area contributed by atoms with Gasteiger partial charge in [-0.05, 0) is 29.8 Å². The summed E-state index contributed by atoms with van der Waals surface area (Å²) in [4.78, 5) is 11.7. The Morgan fingerprint density at radius 3 is 2.61 bits per heavy atom. The zero-order valence-electron chi connectivity index (χ0n) is 12.2. The number of carbonyl (C=O) groups excluding carboxylic acids is 1. The van der Waals surface area contributed by atoms with Gasteiger partial charge in [-0.2, -0.15) is 5.10 Å². The lowest BCUT2D eigenvalue weighted by atomic mass is 10.1. The fourth-order valence-corrected chi connectivity index (χ4v) is 1.92. The Balaban J connectivity index is 1.98. The smallest absolute Gasteiger partial charge is 0.244 e. The number of amides is 1. The fraction of sp³-hybridized carbons (Fsp3) is 0.125. The minimum Gasteiger partial charge on any atom is -0.508 e. The fourth-order valence-electron chi connectivity index (χ4n) is 1.92. The van der Waals surface area contributed by atoms with Crippen LogP contribution in [-0.2, 0) is 11.2 Å². The minimum atomic E-state index is -0.745. The lowest BCUT2D eigenvalue weighted by Crippen LogP contribution is -2.20. The second-order valence-corrected chi connectivity index (χ2v) is 4.67. The number of carbonyl (C=O) groups is 1. The summed E-state index contributed by atoms with van der Waals surface area (Å²) >= 11 is 0. The van der Waals surface area contributed by atoms with E-state index in [1.54, 1.807) is 6.07 Å². The number of aromatic hydroxyl groups is 1. The average molecular weight is 320 g/mol. The van der Waals surface area contributed by atoms with E-state index in [9.17, 15) is 18.7 Å². The second-order valence-electron chi connectivity index (χ2n) is 4.67. The van der Waals surface area contributed by atoms with Crippen molar-refractivity contribution in [2.75, 3.05) is 7.11 Å². The largest absolute Gasteiger partial charge is 0.508 e. The molecule has 0 unspecified atom stereocenters. The number of hydrazone groups is 1. The molecule has 7 heteroatoms. The molecule has 0 radical (unpaired) electrons. The van der Waals surface area contributed by atoms with Crippen LogP contribution in [-0.4, -0.2) is 24.3 Å². The molecule has 0 saturated heterocycles. The van der Waals surface area contributed by atoms with E-state index in [4.69, 9.17) is 4.74 Å². The maximum absolute atomic E-state index is 13.0. The number of halogens is 2. The predicted octanol–water partition coefficient (Wildman–Crippen LogP) is 2.37. The van der Waals surface area contributed by atoms with Crippen LogP contribution >= 0.6 is 0 Å². The first-order valence-corrected chi connectivity index (χ1v) is 6.62. The van der Waals surface area contributed by atoms with Gasteiger partial charge in [0.05, 0.1) is 19.7 Å². The van der Waals surface area contributed by atoms with Crippen LogP contribution in [0.4, 0.5) is 8.78 Å². The first kappa shape index (κ1) is 16.4. The molecular formula is C16H14F2N2O3. The van der Waals surface area contributed by atoms with Crippen molar-refractivity contribution in [1.82, 2.24) is 5.43 Å². The molecule has 2 aromatic carbocycles. The second kappa shape index (κ2) is 7.35.